The number of rotatable bonds is 14. The molecule has 3 aromatic rings. The summed E-state index contributed by atoms with van der Waals surface area (Å²) >= 11 is 0. The van der Waals surface area contributed by atoms with Crippen LogP contribution in [-0.2, 0) is 33.8 Å². The highest BCUT2D eigenvalue weighted by Gasteiger charge is 2.33. The SMILES string of the molecule is CC(C)CCNC(=O)c1cccc(COCCOc2ccc(CCN3C[C@@H](c4ccc5c(c4)COC(C)(C)O5)OC3=O)cc2)c1. The van der Waals surface area contributed by atoms with Crippen LogP contribution < -0.4 is 14.8 Å². The van der Waals surface area contributed by atoms with Crippen molar-refractivity contribution in [3.8, 4) is 11.5 Å². The van der Waals surface area contributed by atoms with Gasteiger partial charge in [-0.2, -0.15) is 0 Å². The molecule has 0 aromatic heterocycles. The zero-order chi connectivity index (χ0) is 31.8. The summed E-state index contributed by atoms with van der Waals surface area (Å²) in [6.45, 7) is 11.5. The summed E-state index contributed by atoms with van der Waals surface area (Å²) in [7, 11) is 0. The Kier molecular flexibility index (Phi) is 10.6. The lowest BCUT2D eigenvalue weighted by molar-refractivity contribution is -0.180. The zero-order valence-electron chi connectivity index (χ0n) is 26.7. The zero-order valence-corrected chi connectivity index (χ0v) is 26.7. The molecule has 2 heterocycles. The molecule has 2 aliphatic rings. The summed E-state index contributed by atoms with van der Waals surface area (Å²) in [6, 6.07) is 21.3. The number of cyclic esters (lactones) is 1. The standard InChI is InChI=1S/C36H44N2O7/c1-25(2)14-16-37-34(39)29-7-5-6-27(20-29)23-41-18-19-42-31-11-8-26(9-12-31)15-17-38-22-33(44-35(38)40)28-10-13-32-30(21-28)24-43-36(3,4)45-32/h5-13,20-21,25,33H,14-19,22-24H2,1-4H3,(H,37,39)/t33-/m0/s1. The Hall–Kier alpha value is -4.08. The van der Waals surface area contributed by atoms with Crippen LogP contribution in [0.3, 0.4) is 0 Å². The number of benzene rings is 3. The fraction of sp³-hybridized carbons (Fsp3) is 0.444. The maximum Gasteiger partial charge on any atom is 0.410 e. The van der Waals surface area contributed by atoms with Crippen LogP contribution in [-0.4, -0.2) is 55.5 Å². The third kappa shape index (κ3) is 9.22. The van der Waals surface area contributed by atoms with Gasteiger partial charge < -0.3 is 33.9 Å². The van der Waals surface area contributed by atoms with Crippen LogP contribution in [0.15, 0.2) is 66.7 Å². The number of carbonyl (C=O) groups is 2. The van der Waals surface area contributed by atoms with Gasteiger partial charge in [0.2, 0.25) is 5.79 Å². The Morgan fingerprint density at radius 1 is 1.04 bits per heavy atom. The lowest BCUT2D eigenvalue weighted by Gasteiger charge is -2.32. The molecule has 0 unspecified atom stereocenters. The van der Waals surface area contributed by atoms with Crippen molar-refractivity contribution in [1.29, 1.82) is 0 Å². The van der Waals surface area contributed by atoms with E-state index in [1.807, 2.05) is 80.6 Å². The van der Waals surface area contributed by atoms with Gasteiger partial charge in [0.25, 0.3) is 5.91 Å². The van der Waals surface area contributed by atoms with Gasteiger partial charge in [-0.15, -0.1) is 0 Å². The van der Waals surface area contributed by atoms with Crippen molar-refractivity contribution in [2.75, 3.05) is 32.8 Å². The van der Waals surface area contributed by atoms with Crippen molar-refractivity contribution in [3.05, 3.63) is 94.5 Å². The highest BCUT2D eigenvalue weighted by atomic mass is 16.7. The first-order valence-corrected chi connectivity index (χ1v) is 15.7. The molecule has 0 spiro atoms. The first kappa shape index (κ1) is 32.3. The fourth-order valence-electron chi connectivity index (χ4n) is 5.23. The quantitative estimate of drug-likeness (QED) is 0.208. The minimum atomic E-state index is -0.646. The molecule has 2 aliphatic heterocycles. The second-order valence-electron chi connectivity index (χ2n) is 12.4. The highest BCUT2D eigenvalue weighted by molar-refractivity contribution is 5.94. The maximum absolute atomic E-state index is 12.6. The van der Waals surface area contributed by atoms with Gasteiger partial charge in [-0.3, -0.25) is 4.79 Å². The van der Waals surface area contributed by atoms with Crippen molar-refractivity contribution in [2.45, 2.75) is 65.6 Å². The van der Waals surface area contributed by atoms with E-state index in [9.17, 15) is 9.59 Å². The number of hydrogen-bond acceptors (Lipinski definition) is 7. The van der Waals surface area contributed by atoms with E-state index < -0.39 is 5.79 Å². The number of amides is 2. The van der Waals surface area contributed by atoms with Gasteiger partial charge in [-0.05, 0) is 71.8 Å². The second-order valence-corrected chi connectivity index (χ2v) is 12.4. The number of hydrogen-bond donors (Lipinski definition) is 1. The van der Waals surface area contributed by atoms with E-state index in [1.165, 1.54) is 0 Å². The molecule has 1 N–H and O–H groups in total. The van der Waals surface area contributed by atoms with Gasteiger partial charge in [-0.25, -0.2) is 4.79 Å². The molecule has 1 fully saturated rings. The minimum absolute atomic E-state index is 0.0601. The first-order chi connectivity index (χ1) is 21.6. The molecule has 9 nitrogen and oxygen atoms in total. The lowest BCUT2D eigenvalue weighted by Crippen LogP contribution is -2.35. The summed E-state index contributed by atoms with van der Waals surface area (Å²) in [5.41, 5.74) is 4.59. The normalized spacial score (nSPS) is 17.0. The van der Waals surface area contributed by atoms with E-state index in [1.54, 1.807) is 4.90 Å². The topological polar surface area (TPSA) is 95.6 Å². The number of nitrogens with one attached hydrogen (secondary N) is 1. The van der Waals surface area contributed by atoms with E-state index >= 15 is 0 Å². The van der Waals surface area contributed by atoms with Crippen LogP contribution in [0.2, 0.25) is 0 Å². The molecule has 45 heavy (non-hydrogen) atoms. The molecule has 1 saturated heterocycles. The van der Waals surface area contributed by atoms with Gasteiger partial charge >= 0.3 is 6.09 Å². The van der Waals surface area contributed by atoms with E-state index in [-0.39, 0.29) is 18.1 Å². The fourth-order valence-corrected chi connectivity index (χ4v) is 5.23. The summed E-state index contributed by atoms with van der Waals surface area (Å²) in [5, 5.41) is 2.97. The Balaban J connectivity index is 1.00. The number of ether oxygens (including phenoxy) is 5. The van der Waals surface area contributed by atoms with E-state index in [0.29, 0.717) is 64.0 Å². The predicted molar refractivity (Wildman–Crippen MR) is 170 cm³/mol. The van der Waals surface area contributed by atoms with Crippen LogP contribution in [0.4, 0.5) is 4.79 Å². The minimum Gasteiger partial charge on any atom is -0.491 e. The average Bonchev–Trinajstić information content (AvgIpc) is 3.39. The van der Waals surface area contributed by atoms with Crippen molar-refractivity contribution >= 4 is 12.0 Å². The van der Waals surface area contributed by atoms with Crippen LogP contribution in [0.25, 0.3) is 0 Å². The third-order valence-electron chi connectivity index (χ3n) is 7.83. The molecular weight excluding hydrogens is 572 g/mol. The highest BCUT2D eigenvalue weighted by Crippen LogP contribution is 2.35. The monoisotopic (exact) mass is 616 g/mol. The summed E-state index contributed by atoms with van der Waals surface area (Å²) in [5.74, 6) is 1.40. The number of fused-ring (bicyclic) bond motifs is 1. The van der Waals surface area contributed by atoms with E-state index in [0.717, 1.165) is 40.2 Å². The molecule has 9 heteroatoms. The molecule has 2 amide bonds. The van der Waals surface area contributed by atoms with Gasteiger partial charge in [0.1, 0.15) is 24.2 Å². The molecular formula is C36H44N2O7. The molecule has 5 rings (SSSR count). The Bertz CT molecular complexity index is 1450. The van der Waals surface area contributed by atoms with Gasteiger partial charge in [0.15, 0.2) is 0 Å². The van der Waals surface area contributed by atoms with Gasteiger partial charge in [0.05, 0.1) is 26.4 Å². The predicted octanol–water partition coefficient (Wildman–Crippen LogP) is 6.44. The lowest BCUT2D eigenvalue weighted by atomic mass is 10.0. The molecule has 240 valence electrons. The largest absolute Gasteiger partial charge is 0.491 e. The van der Waals surface area contributed by atoms with Crippen molar-refractivity contribution in [2.24, 2.45) is 5.92 Å². The first-order valence-electron chi connectivity index (χ1n) is 15.7. The molecule has 0 saturated carbocycles. The molecule has 1 atom stereocenters. The van der Waals surface area contributed by atoms with Gasteiger partial charge in [-0.1, -0.05) is 44.2 Å². The molecule has 0 radical (unpaired) electrons. The molecule has 0 aliphatic carbocycles. The smallest absolute Gasteiger partial charge is 0.410 e. The van der Waals surface area contributed by atoms with Crippen LogP contribution in [0.5, 0.6) is 11.5 Å². The third-order valence-corrected chi connectivity index (χ3v) is 7.83. The van der Waals surface area contributed by atoms with Crippen LogP contribution in [0.1, 0.15) is 72.8 Å². The number of nitrogens with zero attached hydrogens (tertiary/aromatic N) is 1. The summed E-state index contributed by atoms with van der Waals surface area (Å²) < 4.78 is 28.9. The van der Waals surface area contributed by atoms with Crippen LogP contribution in [0, 0.1) is 5.92 Å². The van der Waals surface area contributed by atoms with E-state index in [4.69, 9.17) is 23.7 Å². The average molecular weight is 617 g/mol. The summed E-state index contributed by atoms with van der Waals surface area (Å²) in [4.78, 5) is 26.7. The van der Waals surface area contributed by atoms with Crippen LogP contribution >= 0.6 is 0 Å². The van der Waals surface area contributed by atoms with Crippen molar-refractivity contribution in [3.63, 3.8) is 0 Å². The van der Waals surface area contributed by atoms with E-state index in [2.05, 4.69) is 19.2 Å². The Morgan fingerprint density at radius 3 is 2.67 bits per heavy atom. The Morgan fingerprint density at radius 2 is 1.87 bits per heavy atom. The molecule has 0 bridgehead atoms. The maximum atomic E-state index is 12.6. The summed E-state index contributed by atoms with van der Waals surface area (Å²) in [6.07, 6.45) is 1.04. The van der Waals surface area contributed by atoms with Crippen molar-refractivity contribution in [1.82, 2.24) is 10.2 Å². The Labute approximate surface area is 265 Å². The van der Waals surface area contributed by atoms with Crippen molar-refractivity contribution < 1.29 is 33.3 Å². The number of carbonyl (C=O) groups excluding carboxylic acids is 2. The second kappa shape index (κ2) is 14.8. The van der Waals surface area contributed by atoms with Gasteiger partial charge in [0, 0.05) is 38.1 Å². The molecule has 3 aromatic carbocycles.